The highest BCUT2D eigenvalue weighted by atomic mass is 32.2. The van der Waals surface area contributed by atoms with Crippen molar-refractivity contribution in [2.75, 3.05) is 55.0 Å². The molecule has 0 aliphatic heterocycles. The number of rotatable bonds is 13. The normalized spacial score (nSPS) is 18.5. The van der Waals surface area contributed by atoms with Crippen molar-refractivity contribution < 1.29 is 27.5 Å². The molecule has 0 saturated heterocycles. The van der Waals surface area contributed by atoms with E-state index in [1.54, 1.807) is 37.9 Å². The van der Waals surface area contributed by atoms with Crippen molar-refractivity contribution in [1.29, 1.82) is 0 Å². The molecule has 9 nitrogen and oxygen atoms in total. The van der Waals surface area contributed by atoms with Crippen molar-refractivity contribution in [2.24, 2.45) is 0 Å². The Bertz CT molecular complexity index is 980. The largest absolute Gasteiger partial charge is 0.497 e. The molecule has 0 unspecified atom stereocenters. The van der Waals surface area contributed by atoms with Gasteiger partial charge in [0.25, 0.3) is 0 Å². The summed E-state index contributed by atoms with van der Waals surface area (Å²) in [5.41, 5.74) is 1.11. The van der Waals surface area contributed by atoms with Crippen LogP contribution in [0.15, 0.2) is 17.0 Å². The lowest BCUT2D eigenvalue weighted by Crippen LogP contribution is -2.41. The molecule has 1 saturated carbocycles. The van der Waals surface area contributed by atoms with Gasteiger partial charge in [-0.3, -0.25) is 9.59 Å². The Hall–Kier alpha value is -2.01. The molecule has 0 aromatic heterocycles. The van der Waals surface area contributed by atoms with Crippen molar-refractivity contribution in [1.82, 2.24) is 14.1 Å². The van der Waals surface area contributed by atoms with Gasteiger partial charge in [-0.05, 0) is 76.9 Å². The van der Waals surface area contributed by atoms with Crippen LogP contribution < -0.4 is 4.74 Å². The molecule has 1 aliphatic rings. The van der Waals surface area contributed by atoms with Crippen LogP contribution in [0.4, 0.5) is 0 Å². The van der Waals surface area contributed by atoms with Crippen LogP contribution in [0.3, 0.4) is 0 Å². The van der Waals surface area contributed by atoms with Crippen LogP contribution in [0, 0.1) is 13.8 Å². The van der Waals surface area contributed by atoms with Gasteiger partial charge in [0.05, 0.1) is 31.3 Å². The second-order valence-corrected chi connectivity index (χ2v) is 12.0. The Morgan fingerprint density at radius 3 is 2.08 bits per heavy atom. The molecule has 0 radical (unpaired) electrons. The summed E-state index contributed by atoms with van der Waals surface area (Å²) >= 11 is 0. The SMILES string of the molecule is COc1cc(C)c(S(=O)(=O)N(C)CC(=O)CCC(=O)N(C)C2CCC(OCCN(C)C)CC2)c(C)c1. The van der Waals surface area contributed by atoms with E-state index in [0.717, 1.165) is 36.5 Å². The zero-order chi connectivity index (χ0) is 27.0. The van der Waals surface area contributed by atoms with Crippen molar-refractivity contribution >= 4 is 21.7 Å². The number of aryl methyl sites for hydroxylation is 2. The quantitative estimate of drug-likeness (QED) is 0.391. The first-order valence-electron chi connectivity index (χ1n) is 12.5. The minimum atomic E-state index is -3.86. The van der Waals surface area contributed by atoms with E-state index < -0.39 is 10.0 Å². The van der Waals surface area contributed by atoms with Gasteiger partial charge in [-0.2, -0.15) is 4.31 Å². The highest BCUT2D eigenvalue weighted by molar-refractivity contribution is 7.89. The third kappa shape index (κ3) is 8.26. The summed E-state index contributed by atoms with van der Waals surface area (Å²) < 4.78 is 38.5. The van der Waals surface area contributed by atoms with Crippen LogP contribution in [-0.4, -0.2) is 101 Å². The zero-order valence-corrected chi connectivity index (χ0v) is 23.7. The molecule has 0 N–H and O–H groups in total. The Morgan fingerprint density at radius 1 is 0.972 bits per heavy atom. The van der Waals surface area contributed by atoms with E-state index in [0.29, 0.717) is 23.5 Å². The highest BCUT2D eigenvalue weighted by Gasteiger charge is 2.29. The summed E-state index contributed by atoms with van der Waals surface area (Å²) in [6.07, 6.45) is 3.91. The number of ether oxygens (including phenoxy) is 2. The first-order chi connectivity index (χ1) is 16.9. The second kappa shape index (κ2) is 13.5. The lowest BCUT2D eigenvalue weighted by Gasteiger charge is -2.34. The summed E-state index contributed by atoms with van der Waals surface area (Å²) in [6.45, 7) is 4.73. The van der Waals surface area contributed by atoms with Crippen LogP contribution >= 0.6 is 0 Å². The van der Waals surface area contributed by atoms with E-state index in [1.807, 2.05) is 14.1 Å². The molecular formula is C26H43N3O6S. The van der Waals surface area contributed by atoms with Gasteiger partial charge < -0.3 is 19.3 Å². The fraction of sp³-hybridized carbons (Fsp3) is 0.692. The number of benzene rings is 1. The first kappa shape index (κ1) is 30.2. The van der Waals surface area contributed by atoms with Crippen molar-refractivity contribution in [3.63, 3.8) is 0 Å². The molecule has 10 heteroatoms. The van der Waals surface area contributed by atoms with Crippen molar-refractivity contribution in [3.8, 4) is 5.75 Å². The number of likely N-dealkylation sites (N-methyl/N-ethyl adjacent to an activating group) is 2. The number of nitrogens with zero attached hydrogens (tertiary/aromatic N) is 3. The number of Topliss-reactive ketones (excluding diaryl/α,β-unsaturated/α-hetero) is 1. The number of carbonyl (C=O) groups excluding carboxylic acids is 2. The van der Waals surface area contributed by atoms with Crippen molar-refractivity contribution in [2.45, 2.75) is 69.4 Å². The standard InChI is InChI=1S/C26H43N3O6S/c1-19-16-24(34-7)17-20(2)26(19)36(32,33)28(5)18-22(30)10-13-25(31)29(6)21-8-11-23(12-9-21)35-15-14-27(3)4/h16-17,21,23H,8-15,18H2,1-7H3. The number of hydrogen-bond donors (Lipinski definition) is 0. The Balaban J connectivity index is 1.84. The summed E-state index contributed by atoms with van der Waals surface area (Å²) in [6, 6.07) is 3.46. The maximum absolute atomic E-state index is 13.1. The van der Waals surface area contributed by atoms with Gasteiger partial charge in [0.1, 0.15) is 11.5 Å². The van der Waals surface area contributed by atoms with Gasteiger partial charge in [0.2, 0.25) is 15.9 Å². The average molecular weight is 526 g/mol. The maximum atomic E-state index is 13.1. The molecule has 204 valence electrons. The number of ketones is 1. The monoisotopic (exact) mass is 525 g/mol. The molecule has 0 heterocycles. The smallest absolute Gasteiger partial charge is 0.243 e. The van der Waals surface area contributed by atoms with Gasteiger partial charge in [-0.15, -0.1) is 0 Å². The zero-order valence-electron chi connectivity index (χ0n) is 22.9. The third-order valence-electron chi connectivity index (χ3n) is 6.83. The van der Waals surface area contributed by atoms with Crippen LogP contribution in [-0.2, 0) is 24.3 Å². The van der Waals surface area contributed by atoms with E-state index in [1.165, 1.54) is 14.2 Å². The molecule has 1 aliphatic carbocycles. The van der Waals surface area contributed by atoms with Crippen LogP contribution in [0.2, 0.25) is 0 Å². The first-order valence-corrected chi connectivity index (χ1v) is 14.0. The van der Waals surface area contributed by atoms with E-state index >= 15 is 0 Å². The highest BCUT2D eigenvalue weighted by Crippen LogP contribution is 2.28. The lowest BCUT2D eigenvalue weighted by molar-refractivity contribution is -0.135. The van der Waals surface area contributed by atoms with E-state index in [2.05, 4.69) is 4.90 Å². The summed E-state index contributed by atoms with van der Waals surface area (Å²) in [7, 11) is 4.88. The van der Waals surface area contributed by atoms with Crippen molar-refractivity contribution in [3.05, 3.63) is 23.3 Å². The topological polar surface area (TPSA) is 96.5 Å². The molecule has 0 spiro atoms. The molecule has 0 bridgehead atoms. The predicted molar refractivity (Wildman–Crippen MR) is 140 cm³/mol. The van der Waals surface area contributed by atoms with Gasteiger partial charge in [0.15, 0.2) is 0 Å². The summed E-state index contributed by atoms with van der Waals surface area (Å²) in [5, 5.41) is 0. The second-order valence-electron chi connectivity index (χ2n) is 10.00. The van der Waals surface area contributed by atoms with Crippen LogP contribution in [0.5, 0.6) is 5.75 Å². The number of hydrogen-bond acceptors (Lipinski definition) is 7. The minimum Gasteiger partial charge on any atom is -0.497 e. The molecule has 36 heavy (non-hydrogen) atoms. The van der Waals surface area contributed by atoms with E-state index in [9.17, 15) is 18.0 Å². The third-order valence-corrected chi connectivity index (χ3v) is 8.94. The van der Waals surface area contributed by atoms with Gasteiger partial charge >= 0.3 is 0 Å². The minimum absolute atomic E-state index is 0.00655. The van der Waals surface area contributed by atoms with E-state index in [-0.39, 0.29) is 48.1 Å². The molecule has 1 aromatic rings. The lowest BCUT2D eigenvalue weighted by atomic mass is 9.92. The Kier molecular flexibility index (Phi) is 11.3. The van der Waals surface area contributed by atoms with Gasteiger partial charge in [-0.1, -0.05) is 0 Å². The van der Waals surface area contributed by atoms with Crippen LogP contribution in [0.25, 0.3) is 0 Å². The molecule has 2 rings (SSSR count). The number of sulfonamides is 1. The summed E-state index contributed by atoms with van der Waals surface area (Å²) in [4.78, 5) is 29.3. The Labute approximate surface area is 216 Å². The van der Waals surface area contributed by atoms with Gasteiger partial charge in [-0.25, -0.2) is 8.42 Å². The molecule has 0 atom stereocenters. The van der Waals surface area contributed by atoms with Crippen LogP contribution in [0.1, 0.15) is 49.7 Å². The number of amides is 1. The van der Waals surface area contributed by atoms with E-state index in [4.69, 9.17) is 9.47 Å². The predicted octanol–water partition coefficient (Wildman–Crippen LogP) is 2.63. The Morgan fingerprint density at radius 2 is 1.56 bits per heavy atom. The fourth-order valence-corrected chi connectivity index (χ4v) is 6.19. The average Bonchev–Trinajstić information content (AvgIpc) is 2.81. The maximum Gasteiger partial charge on any atom is 0.243 e. The molecular weight excluding hydrogens is 482 g/mol. The van der Waals surface area contributed by atoms with Gasteiger partial charge in [0, 0.05) is 39.5 Å². The molecule has 1 fully saturated rings. The molecule has 1 aromatic carbocycles. The number of methoxy groups -OCH3 is 1. The number of carbonyl (C=O) groups is 2. The summed E-state index contributed by atoms with van der Waals surface area (Å²) in [5.74, 6) is 0.202. The fourth-order valence-electron chi connectivity index (χ4n) is 4.63. The molecule has 1 amide bonds.